The Hall–Kier alpha value is -1.67. The van der Waals surface area contributed by atoms with Crippen LogP contribution in [0.5, 0.6) is 11.5 Å². The molecule has 26 heavy (non-hydrogen) atoms. The number of amides is 1. The molecule has 1 aromatic rings. The van der Waals surface area contributed by atoms with Crippen LogP contribution < -0.4 is 15.2 Å². The number of alkyl halides is 3. The zero-order valence-electron chi connectivity index (χ0n) is 15.1. The molecule has 1 unspecified atom stereocenters. The molecule has 0 saturated heterocycles. The van der Waals surface area contributed by atoms with Crippen molar-refractivity contribution in [3.8, 4) is 11.5 Å². The van der Waals surface area contributed by atoms with Crippen molar-refractivity contribution in [2.45, 2.75) is 32.5 Å². The molecule has 2 N–H and O–H groups in total. The summed E-state index contributed by atoms with van der Waals surface area (Å²) in [4.78, 5) is 13.6. The summed E-state index contributed by atoms with van der Waals surface area (Å²) >= 11 is 0. The summed E-state index contributed by atoms with van der Waals surface area (Å²) in [5.41, 5.74) is 5.94. The van der Waals surface area contributed by atoms with Crippen molar-refractivity contribution < 1.29 is 27.4 Å². The second-order valence-corrected chi connectivity index (χ2v) is 6.15. The van der Waals surface area contributed by atoms with Gasteiger partial charge in [-0.2, -0.15) is 13.2 Å². The van der Waals surface area contributed by atoms with E-state index in [1.807, 2.05) is 13.8 Å². The SMILES string of the molecule is CC(C)C(N)CCN(C)C(=O)COc1ccccc1OCC(F)(F)F.Cl. The number of rotatable bonds is 9. The van der Waals surface area contributed by atoms with Crippen molar-refractivity contribution in [1.82, 2.24) is 4.90 Å². The van der Waals surface area contributed by atoms with Crippen molar-refractivity contribution in [2.75, 3.05) is 26.8 Å². The van der Waals surface area contributed by atoms with Gasteiger partial charge in [0, 0.05) is 19.6 Å². The third-order valence-corrected chi connectivity index (χ3v) is 3.67. The molecule has 0 aliphatic heterocycles. The average molecular weight is 399 g/mol. The van der Waals surface area contributed by atoms with Crippen LogP contribution in [0.1, 0.15) is 20.3 Å². The van der Waals surface area contributed by atoms with Crippen LogP contribution >= 0.6 is 12.4 Å². The number of benzene rings is 1. The minimum absolute atomic E-state index is 0. The Morgan fingerprint density at radius 3 is 2.23 bits per heavy atom. The molecule has 0 aliphatic carbocycles. The largest absolute Gasteiger partial charge is 0.480 e. The minimum atomic E-state index is -4.45. The second kappa shape index (κ2) is 11.1. The topological polar surface area (TPSA) is 64.8 Å². The van der Waals surface area contributed by atoms with Gasteiger partial charge in [-0.3, -0.25) is 4.79 Å². The van der Waals surface area contributed by atoms with Gasteiger partial charge in [0.2, 0.25) is 0 Å². The molecule has 1 amide bonds. The molecule has 0 bridgehead atoms. The van der Waals surface area contributed by atoms with Crippen LogP contribution in [0, 0.1) is 5.92 Å². The number of para-hydroxylation sites is 2. The first kappa shape index (κ1) is 24.3. The summed E-state index contributed by atoms with van der Waals surface area (Å²) in [6.45, 7) is 2.78. The van der Waals surface area contributed by atoms with E-state index in [0.717, 1.165) is 0 Å². The highest BCUT2D eigenvalue weighted by molar-refractivity contribution is 5.85. The highest BCUT2D eigenvalue weighted by atomic mass is 35.5. The molecule has 1 rings (SSSR count). The second-order valence-electron chi connectivity index (χ2n) is 6.15. The molecular formula is C17H26ClF3N2O3. The third kappa shape index (κ3) is 9.15. The van der Waals surface area contributed by atoms with E-state index >= 15 is 0 Å². The van der Waals surface area contributed by atoms with Gasteiger partial charge in [0.05, 0.1) is 0 Å². The van der Waals surface area contributed by atoms with Crippen LogP contribution in [0.2, 0.25) is 0 Å². The first-order valence-corrected chi connectivity index (χ1v) is 8.01. The lowest BCUT2D eigenvalue weighted by Gasteiger charge is -2.22. The predicted octanol–water partition coefficient (Wildman–Crippen LogP) is 3.26. The molecule has 1 aromatic carbocycles. The van der Waals surface area contributed by atoms with Gasteiger partial charge in [-0.1, -0.05) is 26.0 Å². The molecule has 5 nitrogen and oxygen atoms in total. The Balaban J connectivity index is 0.00000625. The molecule has 0 fully saturated rings. The maximum Gasteiger partial charge on any atom is 0.422 e. The summed E-state index contributed by atoms with van der Waals surface area (Å²) in [5, 5.41) is 0. The number of carbonyl (C=O) groups is 1. The summed E-state index contributed by atoms with van der Waals surface area (Å²) in [7, 11) is 1.63. The van der Waals surface area contributed by atoms with E-state index in [9.17, 15) is 18.0 Å². The highest BCUT2D eigenvalue weighted by Gasteiger charge is 2.29. The van der Waals surface area contributed by atoms with Crippen LogP contribution in [-0.4, -0.2) is 49.8 Å². The molecule has 150 valence electrons. The van der Waals surface area contributed by atoms with Crippen LogP contribution in [-0.2, 0) is 4.79 Å². The molecule has 9 heteroatoms. The zero-order valence-corrected chi connectivity index (χ0v) is 15.9. The molecule has 0 aliphatic rings. The van der Waals surface area contributed by atoms with Crippen molar-refractivity contribution in [3.63, 3.8) is 0 Å². The van der Waals surface area contributed by atoms with Crippen LogP contribution in [0.15, 0.2) is 24.3 Å². The van der Waals surface area contributed by atoms with E-state index in [1.54, 1.807) is 13.1 Å². The molecule has 0 spiro atoms. The van der Waals surface area contributed by atoms with Gasteiger partial charge in [-0.25, -0.2) is 0 Å². The molecule has 0 heterocycles. The normalized spacial score (nSPS) is 12.3. The van der Waals surface area contributed by atoms with Crippen molar-refractivity contribution >= 4 is 18.3 Å². The number of carbonyl (C=O) groups excluding carboxylic acids is 1. The molecule has 0 saturated carbocycles. The Bertz CT molecular complexity index is 556. The monoisotopic (exact) mass is 398 g/mol. The third-order valence-electron chi connectivity index (χ3n) is 3.67. The predicted molar refractivity (Wildman–Crippen MR) is 95.8 cm³/mol. The number of likely N-dealkylation sites (N-methyl/N-ethyl adjacent to an activating group) is 1. The number of hydrogen-bond donors (Lipinski definition) is 1. The average Bonchev–Trinajstić information content (AvgIpc) is 2.55. The van der Waals surface area contributed by atoms with Crippen molar-refractivity contribution in [2.24, 2.45) is 11.7 Å². The van der Waals surface area contributed by atoms with Gasteiger partial charge in [0.15, 0.2) is 24.7 Å². The maximum atomic E-state index is 12.3. The fourth-order valence-corrected chi connectivity index (χ4v) is 1.90. The standard InChI is InChI=1S/C17H25F3N2O3.ClH/c1-12(2)13(21)8-9-22(3)16(23)10-24-14-6-4-5-7-15(14)25-11-17(18,19)20;/h4-7,12-13H,8-11,21H2,1-3H3;1H. The fraction of sp³-hybridized carbons (Fsp3) is 0.588. The molecular weight excluding hydrogens is 373 g/mol. The van der Waals surface area contributed by atoms with Gasteiger partial charge in [0.1, 0.15) is 0 Å². The Labute approximate surface area is 158 Å². The van der Waals surface area contributed by atoms with Crippen LogP contribution in [0.3, 0.4) is 0 Å². The first-order valence-electron chi connectivity index (χ1n) is 8.01. The van der Waals surface area contributed by atoms with E-state index in [-0.39, 0.29) is 42.5 Å². The van der Waals surface area contributed by atoms with Crippen molar-refractivity contribution in [1.29, 1.82) is 0 Å². The number of ether oxygens (including phenoxy) is 2. The lowest BCUT2D eigenvalue weighted by atomic mass is 10.0. The van der Waals surface area contributed by atoms with E-state index in [0.29, 0.717) is 18.9 Å². The number of nitrogens with zero attached hydrogens (tertiary/aromatic N) is 1. The summed E-state index contributed by atoms with van der Waals surface area (Å²) in [6, 6.07) is 5.92. The van der Waals surface area contributed by atoms with Gasteiger partial charge < -0.3 is 20.1 Å². The summed E-state index contributed by atoms with van der Waals surface area (Å²) in [5.74, 6) is 0.0588. The number of halogens is 4. The number of hydrogen-bond acceptors (Lipinski definition) is 4. The highest BCUT2D eigenvalue weighted by Crippen LogP contribution is 2.28. The first-order chi connectivity index (χ1) is 11.6. The van der Waals surface area contributed by atoms with Gasteiger partial charge in [-0.05, 0) is 24.5 Å². The minimum Gasteiger partial charge on any atom is -0.480 e. The van der Waals surface area contributed by atoms with Gasteiger partial charge in [-0.15, -0.1) is 12.4 Å². The molecule has 0 radical (unpaired) electrons. The quantitative estimate of drug-likeness (QED) is 0.693. The zero-order chi connectivity index (χ0) is 19.0. The van der Waals surface area contributed by atoms with Crippen LogP contribution in [0.25, 0.3) is 0 Å². The lowest BCUT2D eigenvalue weighted by Crippen LogP contribution is -2.36. The smallest absolute Gasteiger partial charge is 0.422 e. The summed E-state index contributed by atoms with van der Waals surface area (Å²) in [6.07, 6.45) is -3.79. The van der Waals surface area contributed by atoms with Crippen molar-refractivity contribution in [3.05, 3.63) is 24.3 Å². The maximum absolute atomic E-state index is 12.3. The lowest BCUT2D eigenvalue weighted by molar-refractivity contribution is -0.153. The van der Waals surface area contributed by atoms with Crippen LogP contribution in [0.4, 0.5) is 13.2 Å². The Morgan fingerprint density at radius 1 is 1.19 bits per heavy atom. The van der Waals surface area contributed by atoms with Gasteiger partial charge >= 0.3 is 6.18 Å². The molecule has 0 aromatic heterocycles. The Kier molecular flexibility index (Phi) is 10.4. The number of nitrogens with two attached hydrogens (primary N) is 1. The Morgan fingerprint density at radius 2 is 1.73 bits per heavy atom. The summed E-state index contributed by atoms with van der Waals surface area (Å²) < 4.78 is 46.8. The molecule has 1 atom stereocenters. The fourth-order valence-electron chi connectivity index (χ4n) is 1.90. The van der Waals surface area contributed by atoms with Gasteiger partial charge in [0.25, 0.3) is 5.91 Å². The van der Waals surface area contributed by atoms with E-state index < -0.39 is 12.8 Å². The van der Waals surface area contributed by atoms with E-state index in [2.05, 4.69) is 0 Å². The van der Waals surface area contributed by atoms with E-state index in [4.69, 9.17) is 15.2 Å². The van der Waals surface area contributed by atoms with E-state index in [1.165, 1.54) is 23.1 Å².